The number of hydrogen-bond donors (Lipinski definition) is 2. The summed E-state index contributed by atoms with van der Waals surface area (Å²) in [5, 5.41) is 21.1. The van der Waals surface area contributed by atoms with Crippen molar-refractivity contribution in [2.75, 3.05) is 13.2 Å². The first-order valence-corrected chi connectivity index (χ1v) is 10.8. The van der Waals surface area contributed by atoms with Gasteiger partial charge in [-0.05, 0) is 42.7 Å². The molecule has 0 radical (unpaired) electrons. The predicted octanol–water partition coefficient (Wildman–Crippen LogP) is 4.79. The summed E-state index contributed by atoms with van der Waals surface area (Å²) >= 11 is 0. The molecular formula is C25H29NO5. The number of aliphatic hydroxyl groups is 1. The summed E-state index contributed by atoms with van der Waals surface area (Å²) in [4.78, 5) is 27.3. The number of aliphatic hydroxyl groups excluding tert-OH is 1. The Bertz CT molecular complexity index is 981. The molecule has 6 heteroatoms. The van der Waals surface area contributed by atoms with E-state index in [-0.39, 0.29) is 17.1 Å². The lowest BCUT2D eigenvalue weighted by Crippen LogP contribution is -2.30. The zero-order chi connectivity index (χ0) is 22.4. The molecule has 2 N–H and O–H groups in total. The lowest BCUT2D eigenvalue weighted by atomic mass is 9.95. The van der Waals surface area contributed by atoms with E-state index in [0.29, 0.717) is 30.0 Å². The van der Waals surface area contributed by atoms with Crippen LogP contribution in [0, 0.1) is 0 Å². The van der Waals surface area contributed by atoms with Crippen molar-refractivity contribution < 1.29 is 24.5 Å². The molecule has 1 atom stereocenters. The molecule has 1 unspecified atom stereocenters. The van der Waals surface area contributed by atoms with Crippen LogP contribution in [0.2, 0.25) is 0 Å². The molecular weight excluding hydrogens is 394 g/mol. The van der Waals surface area contributed by atoms with Crippen LogP contribution in [-0.2, 0) is 9.59 Å². The molecule has 0 spiro atoms. The molecule has 1 amide bonds. The van der Waals surface area contributed by atoms with Gasteiger partial charge in [0.15, 0.2) is 0 Å². The van der Waals surface area contributed by atoms with Crippen molar-refractivity contribution in [3.63, 3.8) is 0 Å². The van der Waals surface area contributed by atoms with E-state index < -0.39 is 17.7 Å². The summed E-state index contributed by atoms with van der Waals surface area (Å²) in [5.41, 5.74) is 1.01. The van der Waals surface area contributed by atoms with Gasteiger partial charge in [0, 0.05) is 12.1 Å². The van der Waals surface area contributed by atoms with E-state index in [4.69, 9.17) is 4.74 Å². The van der Waals surface area contributed by atoms with Crippen LogP contribution >= 0.6 is 0 Å². The molecule has 1 aliphatic rings. The highest BCUT2D eigenvalue weighted by molar-refractivity contribution is 6.46. The van der Waals surface area contributed by atoms with Gasteiger partial charge < -0.3 is 19.8 Å². The van der Waals surface area contributed by atoms with Crippen LogP contribution in [0.4, 0.5) is 0 Å². The van der Waals surface area contributed by atoms with Crippen LogP contribution in [0.15, 0.2) is 54.1 Å². The predicted molar refractivity (Wildman–Crippen MR) is 119 cm³/mol. The SMILES string of the molecule is CCCCCN1C(=O)C(=O)/C(=C(\O)c2cccc(OCCC)c2)C1c1cccc(O)c1. The molecule has 31 heavy (non-hydrogen) atoms. The molecule has 2 aromatic carbocycles. The topological polar surface area (TPSA) is 87.1 Å². The van der Waals surface area contributed by atoms with Crippen LogP contribution in [0.3, 0.4) is 0 Å². The monoisotopic (exact) mass is 423 g/mol. The maximum Gasteiger partial charge on any atom is 0.295 e. The summed E-state index contributed by atoms with van der Waals surface area (Å²) in [6, 6.07) is 12.6. The lowest BCUT2D eigenvalue weighted by molar-refractivity contribution is -0.139. The highest BCUT2D eigenvalue weighted by Gasteiger charge is 2.45. The molecule has 1 saturated heterocycles. The van der Waals surface area contributed by atoms with Crippen molar-refractivity contribution in [1.82, 2.24) is 4.90 Å². The number of unbranched alkanes of at least 4 members (excludes halogenated alkanes) is 2. The zero-order valence-electron chi connectivity index (χ0n) is 18.0. The van der Waals surface area contributed by atoms with E-state index in [0.717, 1.165) is 25.7 Å². The van der Waals surface area contributed by atoms with E-state index in [1.807, 2.05) is 6.92 Å². The molecule has 0 saturated carbocycles. The van der Waals surface area contributed by atoms with Crippen LogP contribution in [-0.4, -0.2) is 40.0 Å². The number of Topliss-reactive ketones (excluding diaryl/α,β-unsaturated/α-hetero) is 1. The minimum absolute atomic E-state index is 0.0275. The Balaban J connectivity index is 2.08. The minimum Gasteiger partial charge on any atom is -0.508 e. The second kappa shape index (κ2) is 10.2. The first-order chi connectivity index (χ1) is 15.0. The third-order valence-corrected chi connectivity index (χ3v) is 5.31. The number of amides is 1. The van der Waals surface area contributed by atoms with Crippen LogP contribution in [0.25, 0.3) is 5.76 Å². The van der Waals surface area contributed by atoms with Gasteiger partial charge in [-0.3, -0.25) is 9.59 Å². The average molecular weight is 424 g/mol. The summed E-state index contributed by atoms with van der Waals surface area (Å²) in [6.45, 7) is 5.00. The smallest absolute Gasteiger partial charge is 0.295 e. The number of benzene rings is 2. The Morgan fingerprint density at radius 2 is 1.81 bits per heavy atom. The van der Waals surface area contributed by atoms with Gasteiger partial charge in [-0.15, -0.1) is 0 Å². The van der Waals surface area contributed by atoms with Gasteiger partial charge in [0.25, 0.3) is 11.7 Å². The number of ketones is 1. The van der Waals surface area contributed by atoms with E-state index >= 15 is 0 Å². The van der Waals surface area contributed by atoms with Gasteiger partial charge in [-0.25, -0.2) is 0 Å². The number of nitrogens with zero attached hydrogens (tertiary/aromatic N) is 1. The molecule has 1 heterocycles. The van der Waals surface area contributed by atoms with Crippen LogP contribution in [0.5, 0.6) is 11.5 Å². The lowest BCUT2D eigenvalue weighted by Gasteiger charge is -2.25. The van der Waals surface area contributed by atoms with Crippen molar-refractivity contribution >= 4 is 17.4 Å². The van der Waals surface area contributed by atoms with Gasteiger partial charge in [0.2, 0.25) is 0 Å². The third-order valence-electron chi connectivity index (χ3n) is 5.31. The fourth-order valence-corrected chi connectivity index (χ4v) is 3.79. The van der Waals surface area contributed by atoms with Crippen LogP contribution < -0.4 is 4.74 Å². The highest BCUT2D eigenvalue weighted by atomic mass is 16.5. The van der Waals surface area contributed by atoms with Crippen molar-refractivity contribution in [3.05, 3.63) is 65.2 Å². The maximum atomic E-state index is 13.0. The van der Waals surface area contributed by atoms with Crippen molar-refractivity contribution in [2.24, 2.45) is 0 Å². The highest BCUT2D eigenvalue weighted by Crippen LogP contribution is 2.40. The van der Waals surface area contributed by atoms with E-state index in [9.17, 15) is 19.8 Å². The van der Waals surface area contributed by atoms with Gasteiger partial charge in [0.05, 0.1) is 18.2 Å². The summed E-state index contributed by atoms with van der Waals surface area (Å²) < 4.78 is 5.64. The number of hydrogen-bond acceptors (Lipinski definition) is 5. The first-order valence-electron chi connectivity index (χ1n) is 10.8. The number of likely N-dealkylation sites (tertiary alicyclic amines) is 1. The standard InChI is InChI=1S/C25H29NO5/c1-3-5-6-13-26-22(17-9-7-11-19(27)15-17)21(24(29)25(26)30)23(28)18-10-8-12-20(16-18)31-14-4-2/h7-12,15-16,22,27-28H,3-6,13-14H2,1-2H3/b23-21-. The van der Waals surface area contributed by atoms with Gasteiger partial charge in [-0.2, -0.15) is 0 Å². The first kappa shape index (κ1) is 22.4. The number of carbonyl (C=O) groups excluding carboxylic acids is 2. The van der Waals surface area contributed by atoms with Gasteiger partial charge in [0.1, 0.15) is 17.3 Å². The number of ether oxygens (including phenoxy) is 1. The Labute approximate surface area is 182 Å². The van der Waals surface area contributed by atoms with Crippen LogP contribution in [0.1, 0.15) is 56.7 Å². The van der Waals surface area contributed by atoms with Crippen molar-refractivity contribution in [3.8, 4) is 11.5 Å². The van der Waals surface area contributed by atoms with E-state index in [1.54, 1.807) is 36.4 Å². The normalized spacial score (nSPS) is 17.9. The quantitative estimate of drug-likeness (QED) is 0.262. The fraction of sp³-hybridized carbons (Fsp3) is 0.360. The molecule has 1 fully saturated rings. The third kappa shape index (κ3) is 4.90. The molecule has 1 aliphatic heterocycles. The Morgan fingerprint density at radius 1 is 1.03 bits per heavy atom. The molecule has 6 nitrogen and oxygen atoms in total. The molecule has 164 valence electrons. The number of phenols is 1. The van der Waals surface area contributed by atoms with Gasteiger partial charge in [-0.1, -0.05) is 51.0 Å². The zero-order valence-corrected chi connectivity index (χ0v) is 18.0. The van der Waals surface area contributed by atoms with E-state index in [2.05, 4.69) is 6.92 Å². The second-order valence-electron chi connectivity index (χ2n) is 7.67. The van der Waals surface area contributed by atoms with E-state index in [1.165, 1.54) is 17.0 Å². The molecule has 2 aromatic rings. The molecule has 0 aliphatic carbocycles. The molecule has 0 aromatic heterocycles. The number of carbonyl (C=O) groups is 2. The van der Waals surface area contributed by atoms with Gasteiger partial charge >= 0.3 is 0 Å². The Hall–Kier alpha value is -3.28. The fourth-order valence-electron chi connectivity index (χ4n) is 3.79. The molecule has 3 rings (SSSR count). The van der Waals surface area contributed by atoms with Crippen molar-refractivity contribution in [2.45, 2.75) is 45.6 Å². The summed E-state index contributed by atoms with van der Waals surface area (Å²) in [7, 11) is 0. The number of rotatable bonds is 9. The summed E-state index contributed by atoms with van der Waals surface area (Å²) in [5.74, 6) is -0.984. The summed E-state index contributed by atoms with van der Waals surface area (Å²) in [6.07, 6.45) is 3.49. The number of phenolic OH excluding ortho intramolecular Hbond substituents is 1. The average Bonchev–Trinajstić information content (AvgIpc) is 3.02. The Morgan fingerprint density at radius 3 is 2.52 bits per heavy atom. The number of aromatic hydroxyl groups is 1. The minimum atomic E-state index is -0.760. The maximum absolute atomic E-state index is 13.0. The van der Waals surface area contributed by atoms with Crippen molar-refractivity contribution in [1.29, 1.82) is 0 Å². The Kier molecular flexibility index (Phi) is 7.34. The second-order valence-corrected chi connectivity index (χ2v) is 7.67. The largest absolute Gasteiger partial charge is 0.508 e. The molecule has 0 bridgehead atoms.